The van der Waals surface area contributed by atoms with Gasteiger partial charge in [-0.3, -0.25) is 0 Å². The highest BCUT2D eigenvalue weighted by atomic mass is 15.4. The molecule has 2 aliphatic heterocycles. The third-order valence-electron chi connectivity index (χ3n) is 3.89. The third-order valence-corrected chi connectivity index (χ3v) is 3.89. The fourth-order valence-electron chi connectivity index (χ4n) is 2.96. The van der Waals surface area contributed by atoms with E-state index < -0.39 is 0 Å². The summed E-state index contributed by atoms with van der Waals surface area (Å²) in [6.45, 7) is 6.70. The zero-order valence-electron chi connectivity index (χ0n) is 10.1. The standard InChI is InChI=1S/C12H20N4/c1-3-10-8(2)7-14-12-9-5-4-6-13-11(9)15-16(10)12/h8,10,14H,3-7H2,1-2H3,(H,13,15). The topological polar surface area (TPSA) is 41.9 Å². The largest absolute Gasteiger partial charge is 0.370 e. The Morgan fingerprint density at radius 2 is 2.31 bits per heavy atom. The summed E-state index contributed by atoms with van der Waals surface area (Å²) in [7, 11) is 0. The molecular weight excluding hydrogens is 200 g/mol. The quantitative estimate of drug-likeness (QED) is 0.762. The summed E-state index contributed by atoms with van der Waals surface area (Å²) in [6.07, 6.45) is 3.55. The molecular formula is C12H20N4. The number of fused-ring (bicyclic) bond motifs is 3. The van der Waals surface area contributed by atoms with Crippen LogP contribution >= 0.6 is 0 Å². The number of rotatable bonds is 1. The molecule has 2 aliphatic rings. The molecule has 4 nitrogen and oxygen atoms in total. The Morgan fingerprint density at radius 3 is 3.12 bits per heavy atom. The van der Waals surface area contributed by atoms with Gasteiger partial charge in [0.1, 0.15) is 5.82 Å². The monoisotopic (exact) mass is 220 g/mol. The number of hydrogen-bond acceptors (Lipinski definition) is 3. The second-order valence-corrected chi connectivity index (χ2v) is 4.98. The molecule has 4 heteroatoms. The van der Waals surface area contributed by atoms with Gasteiger partial charge in [0.25, 0.3) is 0 Å². The SMILES string of the molecule is CCC1C(C)CNc2c3c(nn21)NCCC3. The zero-order chi connectivity index (χ0) is 11.1. The lowest BCUT2D eigenvalue weighted by atomic mass is 9.97. The first kappa shape index (κ1) is 10.00. The predicted molar refractivity (Wildman–Crippen MR) is 66.0 cm³/mol. The van der Waals surface area contributed by atoms with Crippen molar-refractivity contribution >= 4 is 11.6 Å². The fraction of sp³-hybridized carbons (Fsp3) is 0.750. The minimum atomic E-state index is 0.559. The Labute approximate surface area is 96.4 Å². The summed E-state index contributed by atoms with van der Waals surface area (Å²) < 4.78 is 2.22. The molecule has 16 heavy (non-hydrogen) atoms. The first-order valence-corrected chi connectivity index (χ1v) is 6.40. The van der Waals surface area contributed by atoms with Gasteiger partial charge in [0.15, 0.2) is 5.82 Å². The fourth-order valence-corrected chi connectivity index (χ4v) is 2.96. The lowest BCUT2D eigenvalue weighted by Crippen LogP contribution is -2.31. The van der Waals surface area contributed by atoms with Crippen LogP contribution in [-0.2, 0) is 6.42 Å². The summed E-state index contributed by atoms with van der Waals surface area (Å²) in [4.78, 5) is 0. The molecule has 0 spiro atoms. The van der Waals surface area contributed by atoms with E-state index in [1.54, 1.807) is 0 Å². The lowest BCUT2D eigenvalue weighted by molar-refractivity contribution is 0.313. The highest BCUT2D eigenvalue weighted by Crippen LogP contribution is 2.37. The predicted octanol–water partition coefficient (Wildman–Crippen LogP) is 2.25. The van der Waals surface area contributed by atoms with Crippen molar-refractivity contribution < 1.29 is 0 Å². The van der Waals surface area contributed by atoms with Gasteiger partial charge in [0.05, 0.1) is 6.04 Å². The Bertz CT molecular complexity index is 396. The highest BCUT2D eigenvalue weighted by Gasteiger charge is 2.30. The first-order valence-electron chi connectivity index (χ1n) is 6.40. The molecule has 2 N–H and O–H groups in total. The summed E-state index contributed by atoms with van der Waals surface area (Å²) in [5.74, 6) is 3.05. The van der Waals surface area contributed by atoms with E-state index >= 15 is 0 Å². The average molecular weight is 220 g/mol. The molecule has 88 valence electrons. The van der Waals surface area contributed by atoms with Gasteiger partial charge in [-0.05, 0) is 25.2 Å². The highest BCUT2D eigenvalue weighted by molar-refractivity contribution is 5.61. The lowest BCUT2D eigenvalue weighted by Gasteiger charge is -2.31. The van der Waals surface area contributed by atoms with Crippen LogP contribution in [0.15, 0.2) is 0 Å². The maximum atomic E-state index is 4.74. The van der Waals surface area contributed by atoms with E-state index in [0.717, 1.165) is 31.7 Å². The molecule has 3 heterocycles. The van der Waals surface area contributed by atoms with Crippen molar-refractivity contribution in [3.05, 3.63) is 5.56 Å². The molecule has 0 fully saturated rings. The second-order valence-electron chi connectivity index (χ2n) is 4.98. The van der Waals surface area contributed by atoms with E-state index in [1.807, 2.05) is 0 Å². The van der Waals surface area contributed by atoms with E-state index in [0.29, 0.717) is 12.0 Å². The van der Waals surface area contributed by atoms with Crippen LogP contribution in [0.2, 0.25) is 0 Å². The van der Waals surface area contributed by atoms with Crippen molar-refractivity contribution in [2.75, 3.05) is 23.7 Å². The molecule has 0 amide bonds. The first-order chi connectivity index (χ1) is 7.81. The molecule has 3 rings (SSSR count). The van der Waals surface area contributed by atoms with Crippen LogP contribution in [0.3, 0.4) is 0 Å². The van der Waals surface area contributed by atoms with E-state index in [9.17, 15) is 0 Å². The van der Waals surface area contributed by atoms with Crippen molar-refractivity contribution in [2.45, 2.75) is 39.2 Å². The smallest absolute Gasteiger partial charge is 0.153 e. The molecule has 0 aromatic carbocycles. The van der Waals surface area contributed by atoms with Gasteiger partial charge >= 0.3 is 0 Å². The molecule has 0 bridgehead atoms. The van der Waals surface area contributed by atoms with Gasteiger partial charge in [-0.1, -0.05) is 13.8 Å². The molecule has 2 unspecified atom stereocenters. The van der Waals surface area contributed by atoms with Gasteiger partial charge in [0, 0.05) is 18.7 Å². The van der Waals surface area contributed by atoms with Crippen LogP contribution in [0, 0.1) is 5.92 Å². The van der Waals surface area contributed by atoms with E-state index in [2.05, 4.69) is 29.2 Å². The summed E-state index contributed by atoms with van der Waals surface area (Å²) in [5.41, 5.74) is 1.40. The van der Waals surface area contributed by atoms with Gasteiger partial charge in [-0.2, -0.15) is 5.10 Å². The molecule has 1 aromatic heterocycles. The number of aromatic nitrogens is 2. The molecule has 0 aliphatic carbocycles. The van der Waals surface area contributed by atoms with Crippen LogP contribution in [0.4, 0.5) is 11.6 Å². The molecule has 1 aromatic rings. The van der Waals surface area contributed by atoms with Crippen molar-refractivity contribution in [1.29, 1.82) is 0 Å². The summed E-state index contributed by atoms with van der Waals surface area (Å²) in [5, 5.41) is 11.7. The van der Waals surface area contributed by atoms with E-state index in [4.69, 9.17) is 5.10 Å². The van der Waals surface area contributed by atoms with Gasteiger partial charge in [0.2, 0.25) is 0 Å². The molecule has 2 atom stereocenters. The molecule has 0 saturated carbocycles. The van der Waals surface area contributed by atoms with Crippen LogP contribution in [0.25, 0.3) is 0 Å². The number of hydrogen-bond donors (Lipinski definition) is 2. The van der Waals surface area contributed by atoms with Gasteiger partial charge in [-0.25, -0.2) is 4.68 Å². The van der Waals surface area contributed by atoms with Crippen molar-refractivity contribution in [3.63, 3.8) is 0 Å². The average Bonchev–Trinajstić information content (AvgIpc) is 2.67. The maximum Gasteiger partial charge on any atom is 0.153 e. The van der Waals surface area contributed by atoms with Crippen molar-refractivity contribution in [1.82, 2.24) is 9.78 Å². The van der Waals surface area contributed by atoms with Crippen LogP contribution in [0.5, 0.6) is 0 Å². The maximum absolute atomic E-state index is 4.74. The van der Waals surface area contributed by atoms with Crippen LogP contribution < -0.4 is 10.6 Å². The Kier molecular flexibility index (Phi) is 2.30. The van der Waals surface area contributed by atoms with Gasteiger partial charge in [-0.15, -0.1) is 0 Å². The second kappa shape index (κ2) is 3.68. The minimum Gasteiger partial charge on any atom is -0.370 e. The van der Waals surface area contributed by atoms with Gasteiger partial charge < -0.3 is 10.6 Å². The summed E-state index contributed by atoms with van der Waals surface area (Å²) in [6, 6.07) is 0.559. The molecule has 0 radical (unpaired) electrons. The Morgan fingerprint density at radius 1 is 1.44 bits per heavy atom. The van der Waals surface area contributed by atoms with Crippen LogP contribution in [0.1, 0.15) is 38.3 Å². The zero-order valence-corrected chi connectivity index (χ0v) is 10.1. The van der Waals surface area contributed by atoms with E-state index in [-0.39, 0.29) is 0 Å². The Balaban J connectivity index is 2.06. The minimum absolute atomic E-state index is 0.559. The van der Waals surface area contributed by atoms with E-state index in [1.165, 1.54) is 17.8 Å². The number of anilines is 2. The van der Waals surface area contributed by atoms with Crippen LogP contribution in [-0.4, -0.2) is 22.9 Å². The third kappa shape index (κ3) is 1.32. The Hall–Kier alpha value is -1.19. The number of nitrogens with zero attached hydrogens (tertiary/aromatic N) is 2. The summed E-state index contributed by atoms with van der Waals surface area (Å²) >= 11 is 0. The van der Waals surface area contributed by atoms with Crippen molar-refractivity contribution in [3.8, 4) is 0 Å². The van der Waals surface area contributed by atoms with Crippen molar-refractivity contribution in [2.24, 2.45) is 5.92 Å². The number of nitrogens with one attached hydrogen (secondary N) is 2. The molecule has 0 saturated heterocycles. The normalized spacial score (nSPS) is 27.6.